The number of hydrogen-bond acceptors (Lipinski definition) is 4. The Morgan fingerprint density at radius 2 is 1.80 bits per heavy atom. The van der Waals surface area contributed by atoms with Crippen molar-refractivity contribution < 1.29 is 4.74 Å². The molecule has 0 radical (unpaired) electrons. The van der Waals surface area contributed by atoms with Crippen LogP contribution in [-0.2, 0) is 0 Å². The maximum absolute atomic E-state index is 5.83. The number of ether oxygens (including phenoxy) is 1. The number of benzene rings is 1. The molecule has 3 rings (SSSR count). The summed E-state index contributed by atoms with van der Waals surface area (Å²) in [6, 6.07) is 7.78. The third-order valence-corrected chi connectivity index (χ3v) is 3.24. The molecule has 0 unspecified atom stereocenters. The predicted molar refractivity (Wildman–Crippen MR) is 79.1 cm³/mol. The molecular formula is C15H12ClN3O. The molecule has 20 heavy (non-hydrogen) atoms. The minimum Gasteiger partial charge on any atom is -0.494 e. The van der Waals surface area contributed by atoms with Gasteiger partial charge in [-0.25, -0.2) is 15.0 Å². The Morgan fingerprint density at radius 3 is 2.50 bits per heavy atom. The highest BCUT2D eigenvalue weighted by Crippen LogP contribution is 2.31. The molecule has 0 aliphatic rings. The second-order valence-electron chi connectivity index (χ2n) is 4.39. The van der Waals surface area contributed by atoms with E-state index in [9.17, 15) is 0 Å². The van der Waals surface area contributed by atoms with Gasteiger partial charge in [0.15, 0.2) is 5.82 Å². The zero-order valence-electron chi connectivity index (χ0n) is 11.1. The predicted octanol–water partition coefficient (Wildman–Crippen LogP) is 3.66. The van der Waals surface area contributed by atoms with Crippen LogP contribution in [0.25, 0.3) is 22.3 Å². The van der Waals surface area contributed by atoms with Crippen molar-refractivity contribution in [3.05, 3.63) is 47.4 Å². The Morgan fingerprint density at radius 1 is 1.05 bits per heavy atom. The zero-order chi connectivity index (χ0) is 14.1. The maximum atomic E-state index is 5.83. The molecule has 3 aromatic rings. The molecule has 0 aliphatic carbocycles. The van der Waals surface area contributed by atoms with Crippen molar-refractivity contribution in [2.45, 2.75) is 6.92 Å². The number of halogens is 1. The highest BCUT2D eigenvalue weighted by molar-refractivity contribution is 6.30. The zero-order valence-corrected chi connectivity index (χ0v) is 11.8. The molecule has 100 valence electrons. The molecule has 4 nitrogen and oxygen atoms in total. The molecule has 2 aromatic heterocycles. The Kier molecular flexibility index (Phi) is 3.24. The van der Waals surface area contributed by atoms with Crippen molar-refractivity contribution in [3.8, 4) is 17.1 Å². The van der Waals surface area contributed by atoms with Crippen molar-refractivity contribution in [1.29, 1.82) is 0 Å². The van der Waals surface area contributed by atoms with Crippen LogP contribution in [0.4, 0.5) is 0 Å². The molecule has 0 atom stereocenters. The first-order valence-corrected chi connectivity index (χ1v) is 6.49. The van der Waals surface area contributed by atoms with Crippen LogP contribution >= 0.6 is 11.6 Å². The van der Waals surface area contributed by atoms with E-state index >= 15 is 0 Å². The molecular weight excluding hydrogens is 274 g/mol. The Labute approximate surface area is 121 Å². The molecule has 0 aliphatic heterocycles. The summed E-state index contributed by atoms with van der Waals surface area (Å²) in [5, 5.41) is 1.47. The number of fused-ring (bicyclic) bond motifs is 1. The van der Waals surface area contributed by atoms with Crippen molar-refractivity contribution in [1.82, 2.24) is 15.0 Å². The lowest BCUT2D eigenvalue weighted by atomic mass is 10.1. The monoisotopic (exact) mass is 285 g/mol. The maximum Gasteiger partial charge on any atom is 0.159 e. The second-order valence-corrected chi connectivity index (χ2v) is 4.83. The Hall–Kier alpha value is -2.20. The summed E-state index contributed by atoms with van der Waals surface area (Å²) in [7, 11) is 1.64. The van der Waals surface area contributed by atoms with Gasteiger partial charge in [0.2, 0.25) is 0 Å². The van der Waals surface area contributed by atoms with Crippen LogP contribution in [0.15, 0.2) is 36.7 Å². The fourth-order valence-electron chi connectivity index (χ4n) is 2.10. The molecule has 1 aromatic carbocycles. The quantitative estimate of drug-likeness (QED) is 0.721. The lowest BCUT2D eigenvalue weighted by Gasteiger charge is -2.09. The smallest absolute Gasteiger partial charge is 0.159 e. The van der Waals surface area contributed by atoms with Crippen LogP contribution < -0.4 is 4.74 Å². The first-order valence-electron chi connectivity index (χ1n) is 6.11. The van der Waals surface area contributed by atoms with Gasteiger partial charge in [0, 0.05) is 29.0 Å². The average Bonchev–Trinajstić information content (AvgIpc) is 2.47. The number of aryl methyl sites for hydroxylation is 1. The molecule has 2 heterocycles. The molecule has 0 saturated carbocycles. The van der Waals surface area contributed by atoms with Crippen molar-refractivity contribution in [3.63, 3.8) is 0 Å². The number of hydrogen-bond donors (Lipinski definition) is 0. The standard InChI is InChI=1S/C15H12ClN3O/c1-9-3-4-11-12(15-17-7-10(16)8-18-15)5-6-13(20-2)14(11)19-9/h3-8H,1-2H3. The summed E-state index contributed by atoms with van der Waals surface area (Å²) in [5.41, 5.74) is 2.65. The number of rotatable bonds is 2. The van der Waals surface area contributed by atoms with E-state index < -0.39 is 0 Å². The van der Waals surface area contributed by atoms with Gasteiger partial charge >= 0.3 is 0 Å². The van der Waals surface area contributed by atoms with Gasteiger partial charge in [0.1, 0.15) is 11.3 Å². The van der Waals surface area contributed by atoms with Crippen molar-refractivity contribution in [2.75, 3.05) is 7.11 Å². The number of nitrogens with zero attached hydrogens (tertiary/aromatic N) is 3. The highest BCUT2D eigenvalue weighted by Gasteiger charge is 2.11. The van der Waals surface area contributed by atoms with E-state index in [0.717, 1.165) is 27.9 Å². The van der Waals surface area contributed by atoms with Crippen LogP contribution in [0, 0.1) is 6.92 Å². The van der Waals surface area contributed by atoms with E-state index in [0.29, 0.717) is 10.8 Å². The number of methoxy groups -OCH3 is 1. The topological polar surface area (TPSA) is 47.9 Å². The minimum absolute atomic E-state index is 0.514. The first kappa shape index (κ1) is 12.8. The lowest BCUT2D eigenvalue weighted by Crippen LogP contribution is -1.94. The normalized spacial score (nSPS) is 10.8. The van der Waals surface area contributed by atoms with E-state index in [1.54, 1.807) is 19.5 Å². The summed E-state index contributed by atoms with van der Waals surface area (Å²) in [5.74, 6) is 1.36. The molecule has 0 bridgehead atoms. The van der Waals surface area contributed by atoms with Crippen LogP contribution in [0.3, 0.4) is 0 Å². The van der Waals surface area contributed by atoms with E-state index in [1.807, 2.05) is 31.2 Å². The van der Waals surface area contributed by atoms with Crippen LogP contribution in [0.2, 0.25) is 5.02 Å². The van der Waals surface area contributed by atoms with Gasteiger partial charge in [0.25, 0.3) is 0 Å². The van der Waals surface area contributed by atoms with E-state index in [4.69, 9.17) is 16.3 Å². The van der Waals surface area contributed by atoms with Gasteiger partial charge < -0.3 is 4.74 Å². The summed E-state index contributed by atoms with van der Waals surface area (Å²) in [6.45, 7) is 1.95. The third-order valence-electron chi connectivity index (χ3n) is 3.04. The van der Waals surface area contributed by atoms with Crippen molar-refractivity contribution in [2.24, 2.45) is 0 Å². The van der Waals surface area contributed by atoms with Gasteiger partial charge in [0.05, 0.1) is 12.1 Å². The van der Waals surface area contributed by atoms with Crippen molar-refractivity contribution >= 4 is 22.5 Å². The van der Waals surface area contributed by atoms with Gasteiger partial charge in [-0.1, -0.05) is 17.7 Å². The minimum atomic E-state index is 0.514. The van der Waals surface area contributed by atoms with Crippen LogP contribution in [-0.4, -0.2) is 22.1 Å². The Balaban J connectivity index is 2.29. The first-order chi connectivity index (χ1) is 9.69. The molecule has 0 amide bonds. The molecule has 5 heteroatoms. The largest absolute Gasteiger partial charge is 0.494 e. The SMILES string of the molecule is COc1ccc(-c2ncc(Cl)cn2)c2ccc(C)nc12. The molecule has 0 N–H and O–H groups in total. The number of pyridine rings is 1. The molecule has 0 spiro atoms. The Bertz CT molecular complexity index is 772. The van der Waals surface area contributed by atoms with E-state index in [-0.39, 0.29) is 0 Å². The molecule has 0 fully saturated rings. The van der Waals surface area contributed by atoms with Gasteiger partial charge in [-0.3, -0.25) is 0 Å². The van der Waals surface area contributed by atoms with Gasteiger partial charge in [-0.15, -0.1) is 0 Å². The fourth-order valence-corrected chi connectivity index (χ4v) is 2.20. The van der Waals surface area contributed by atoms with Gasteiger partial charge in [-0.2, -0.15) is 0 Å². The average molecular weight is 286 g/mol. The van der Waals surface area contributed by atoms with E-state index in [1.165, 1.54) is 0 Å². The fraction of sp³-hybridized carbons (Fsp3) is 0.133. The van der Waals surface area contributed by atoms with Crippen LogP contribution in [0.1, 0.15) is 5.69 Å². The second kappa shape index (κ2) is 5.06. The summed E-state index contributed by atoms with van der Waals surface area (Å²) in [6.07, 6.45) is 3.17. The van der Waals surface area contributed by atoms with E-state index in [2.05, 4.69) is 15.0 Å². The summed E-state index contributed by atoms with van der Waals surface area (Å²) in [4.78, 5) is 13.1. The van der Waals surface area contributed by atoms with Crippen LogP contribution in [0.5, 0.6) is 5.75 Å². The highest BCUT2D eigenvalue weighted by atomic mass is 35.5. The third kappa shape index (κ3) is 2.18. The number of aromatic nitrogens is 3. The molecule has 0 saturated heterocycles. The lowest BCUT2D eigenvalue weighted by molar-refractivity contribution is 0.419. The summed E-state index contributed by atoms with van der Waals surface area (Å²) < 4.78 is 5.37. The summed E-state index contributed by atoms with van der Waals surface area (Å²) >= 11 is 5.83. The van der Waals surface area contributed by atoms with Gasteiger partial charge in [-0.05, 0) is 25.1 Å².